The van der Waals surface area contributed by atoms with Crippen molar-refractivity contribution < 1.29 is 13.3 Å². The van der Waals surface area contributed by atoms with Gasteiger partial charge >= 0.3 is 0 Å². The van der Waals surface area contributed by atoms with Crippen molar-refractivity contribution in [3.05, 3.63) is 84.4 Å². The summed E-state index contributed by atoms with van der Waals surface area (Å²) in [5.41, 5.74) is 7.61. The number of unbranched alkanes of at least 4 members (excludes halogenated alkanes) is 6. The molecule has 0 aliphatic rings. The summed E-state index contributed by atoms with van der Waals surface area (Å²) in [5.74, 6) is 1.71. The third-order valence-electron chi connectivity index (χ3n) is 8.52. The Bertz CT molecular complexity index is 1880. The summed E-state index contributed by atoms with van der Waals surface area (Å²) in [7, 11) is 0. The summed E-state index contributed by atoms with van der Waals surface area (Å²) in [6.07, 6.45) is 15.6. The zero-order valence-electron chi connectivity index (χ0n) is 25.1. The van der Waals surface area contributed by atoms with Gasteiger partial charge in [-0.2, -0.15) is 0 Å². The topological polar surface area (TPSA) is 65.2 Å². The predicted molar refractivity (Wildman–Crippen MR) is 175 cm³/mol. The van der Waals surface area contributed by atoms with Gasteiger partial charge in [-0.1, -0.05) is 52.4 Å². The summed E-state index contributed by atoms with van der Waals surface area (Å²) < 4.78 is 19.0. The normalized spacial score (nSPS) is 12.0. The second kappa shape index (κ2) is 12.1. The van der Waals surface area contributed by atoms with Crippen molar-refractivity contribution >= 4 is 43.9 Å². The van der Waals surface area contributed by atoms with E-state index < -0.39 is 0 Å². The number of aryl methyl sites for hydroxylation is 2. The van der Waals surface area contributed by atoms with Crippen LogP contribution >= 0.6 is 0 Å². The molecule has 0 bridgehead atoms. The Kier molecular flexibility index (Phi) is 7.71. The van der Waals surface area contributed by atoms with E-state index in [1.165, 1.54) is 51.4 Å². The lowest BCUT2D eigenvalue weighted by molar-refractivity contribution is 0.624. The van der Waals surface area contributed by atoms with E-state index >= 15 is 0 Å². The van der Waals surface area contributed by atoms with E-state index in [9.17, 15) is 0 Å². The van der Waals surface area contributed by atoms with Crippen LogP contribution in [0.1, 0.15) is 76.6 Å². The molecule has 7 aromatic rings. The van der Waals surface area contributed by atoms with Crippen LogP contribution in [0.25, 0.3) is 66.5 Å². The fraction of sp³-hybridized carbons (Fsp3) is 0.316. The number of aromatic nitrogens is 2. The van der Waals surface area contributed by atoms with Gasteiger partial charge in [0.2, 0.25) is 0 Å². The average molecular weight is 571 g/mol. The maximum atomic E-state index is 6.33. The number of furan rings is 3. The van der Waals surface area contributed by atoms with Crippen LogP contribution in [0.15, 0.2) is 86.3 Å². The van der Waals surface area contributed by atoms with Crippen molar-refractivity contribution in [3.8, 4) is 22.6 Å². The number of pyridine rings is 2. The summed E-state index contributed by atoms with van der Waals surface area (Å²) in [4.78, 5) is 9.18. The maximum Gasteiger partial charge on any atom is 0.139 e. The van der Waals surface area contributed by atoms with Gasteiger partial charge in [0, 0.05) is 68.6 Å². The Balaban J connectivity index is 1.18. The maximum absolute atomic E-state index is 6.33. The molecule has 0 spiro atoms. The molecule has 0 fully saturated rings. The number of nitrogens with zero attached hydrogens (tertiary/aromatic N) is 2. The van der Waals surface area contributed by atoms with Gasteiger partial charge in [-0.25, -0.2) is 0 Å². The molecular formula is C38H38N2O3. The molecular weight excluding hydrogens is 532 g/mol. The number of benzene rings is 2. The van der Waals surface area contributed by atoms with Gasteiger partial charge in [-0.05, 0) is 74.2 Å². The van der Waals surface area contributed by atoms with Crippen LogP contribution in [0.2, 0.25) is 0 Å². The van der Waals surface area contributed by atoms with Gasteiger partial charge in [0.15, 0.2) is 0 Å². The van der Waals surface area contributed by atoms with Crippen LogP contribution in [0.4, 0.5) is 0 Å². The third kappa shape index (κ3) is 5.69. The minimum Gasteiger partial charge on any atom is -0.456 e. The van der Waals surface area contributed by atoms with Gasteiger partial charge in [0.25, 0.3) is 0 Å². The number of hydrogen-bond donors (Lipinski definition) is 0. The third-order valence-corrected chi connectivity index (χ3v) is 8.52. The van der Waals surface area contributed by atoms with Gasteiger partial charge in [-0.3, -0.25) is 9.97 Å². The SMILES string of the molecule is CCCCCCc1cc(-c2cc3cc4c(cc3o2)oc2cc3oc(-c5ccnc(CCCCCC)c5)cc3cc24)ccn1. The van der Waals surface area contributed by atoms with Gasteiger partial charge < -0.3 is 13.3 Å². The minimum atomic E-state index is 0.810. The molecule has 43 heavy (non-hydrogen) atoms. The summed E-state index contributed by atoms with van der Waals surface area (Å²) in [6, 6.07) is 21.0. The molecule has 7 rings (SSSR count). The molecule has 218 valence electrons. The molecule has 0 aliphatic heterocycles. The van der Waals surface area contributed by atoms with E-state index in [4.69, 9.17) is 13.3 Å². The van der Waals surface area contributed by atoms with Crippen LogP contribution < -0.4 is 0 Å². The second-order valence-corrected chi connectivity index (χ2v) is 11.8. The molecule has 5 heterocycles. The van der Waals surface area contributed by atoms with Crippen LogP contribution in [0.5, 0.6) is 0 Å². The summed E-state index contributed by atoms with van der Waals surface area (Å²) in [5, 5.41) is 4.26. The first-order chi connectivity index (χ1) is 21.2. The predicted octanol–water partition coefficient (Wildman–Crippen LogP) is 11.4. The molecule has 0 amide bonds. The second-order valence-electron chi connectivity index (χ2n) is 11.8. The molecule has 5 heteroatoms. The van der Waals surface area contributed by atoms with Crippen molar-refractivity contribution in [1.82, 2.24) is 9.97 Å². The summed E-state index contributed by atoms with van der Waals surface area (Å²) >= 11 is 0. The van der Waals surface area contributed by atoms with Crippen molar-refractivity contribution in [1.29, 1.82) is 0 Å². The fourth-order valence-corrected chi connectivity index (χ4v) is 6.13. The van der Waals surface area contributed by atoms with Gasteiger partial charge in [0.05, 0.1) is 0 Å². The smallest absolute Gasteiger partial charge is 0.139 e. The van der Waals surface area contributed by atoms with Crippen LogP contribution in [0.3, 0.4) is 0 Å². The Labute approximate surface area is 251 Å². The molecule has 0 atom stereocenters. The van der Waals surface area contributed by atoms with Crippen molar-refractivity contribution in [2.45, 2.75) is 78.1 Å². The van der Waals surface area contributed by atoms with Crippen molar-refractivity contribution in [2.24, 2.45) is 0 Å². The monoisotopic (exact) mass is 570 g/mol. The van der Waals surface area contributed by atoms with E-state index in [0.29, 0.717) is 0 Å². The summed E-state index contributed by atoms with van der Waals surface area (Å²) in [6.45, 7) is 4.48. The lowest BCUT2D eigenvalue weighted by Crippen LogP contribution is -1.90. The lowest BCUT2D eigenvalue weighted by atomic mass is 10.1. The highest BCUT2D eigenvalue weighted by Gasteiger charge is 2.16. The van der Waals surface area contributed by atoms with Crippen molar-refractivity contribution in [2.75, 3.05) is 0 Å². The highest BCUT2D eigenvalue weighted by atomic mass is 16.4. The van der Waals surface area contributed by atoms with Gasteiger partial charge in [-0.15, -0.1) is 0 Å². The van der Waals surface area contributed by atoms with Crippen LogP contribution in [0, 0.1) is 0 Å². The zero-order chi connectivity index (χ0) is 29.2. The van der Waals surface area contributed by atoms with Gasteiger partial charge in [0.1, 0.15) is 33.9 Å². The molecule has 5 nitrogen and oxygen atoms in total. The molecule has 5 aromatic heterocycles. The Morgan fingerprint density at radius 3 is 1.44 bits per heavy atom. The van der Waals surface area contributed by atoms with E-state index in [1.807, 2.05) is 36.7 Å². The van der Waals surface area contributed by atoms with Crippen LogP contribution in [-0.4, -0.2) is 9.97 Å². The molecule has 0 saturated heterocycles. The van der Waals surface area contributed by atoms with E-state index in [1.54, 1.807) is 0 Å². The Morgan fingerprint density at radius 1 is 0.488 bits per heavy atom. The highest BCUT2D eigenvalue weighted by molar-refractivity contribution is 6.13. The largest absolute Gasteiger partial charge is 0.456 e. The van der Waals surface area contributed by atoms with E-state index in [2.05, 4.69) is 60.2 Å². The molecule has 2 aromatic carbocycles. The Morgan fingerprint density at radius 2 is 0.977 bits per heavy atom. The Hall–Kier alpha value is -4.38. The fourth-order valence-electron chi connectivity index (χ4n) is 6.13. The first-order valence-electron chi connectivity index (χ1n) is 15.9. The van der Waals surface area contributed by atoms with E-state index in [0.717, 1.165) is 90.8 Å². The quantitative estimate of drug-likeness (QED) is 0.137. The zero-order valence-corrected chi connectivity index (χ0v) is 25.1. The lowest BCUT2D eigenvalue weighted by Gasteiger charge is -2.02. The first kappa shape index (κ1) is 27.5. The van der Waals surface area contributed by atoms with Crippen LogP contribution in [-0.2, 0) is 12.8 Å². The van der Waals surface area contributed by atoms with Crippen molar-refractivity contribution in [3.63, 3.8) is 0 Å². The molecule has 0 unspecified atom stereocenters. The molecule has 0 radical (unpaired) electrons. The number of rotatable bonds is 12. The molecule has 0 aliphatic carbocycles. The number of hydrogen-bond acceptors (Lipinski definition) is 5. The van der Waals surface area contributed by atoms with E-state index in [-0.39, 0.29) is 0 Å². The highest BCUT2D eigenvalue weighted by Crippen LogP contribution is 2.39. The first-order valence-corrected chi connectivity index (χ1v) is 15.9. The minimum absolute atomic E-state index is 0.810. The average Bonchev–Trinajstić information content (AvgIpc) is 3.74. The molecule has 0 N–H and O–H groups in total. The standard InChI is InChI=1S/C38H38N2O3/c1-3-5-7-9-11-29-17-25(13-15-39-29)33-21-27-19-31-32-20-28-22-34(26-14-16-40-30(18-26)12-10-8-6-4-2)42-36(28)24-38(32)43-37(31)23-35(27)41-33/h13-24H,3-12H2,1-2H3. The molecule has 0 saturated carbocycles. The number of fused-ring (bicyclic) bond motifs is 5.